The van der Waals surface area contributed by atoms with Crippen LogP contribution in [0.1, 0.15) is 37.7 Å². The minimum atomic E-state index is 0.0933. The van der Waals surface area contributed by atoms with E-state index in [9.17, 15) is 0 Å². The Bertz CT molecular complexity index is 396. The van der Waals surface area contributed by atoms with Crippen LogP contribution in [0, 0.1) is 5.41 Å². The lowest BCUT2D eigenvalue weighted by atomic mass is 9.94. The predicted molar refractivity (Wildman–Crippen MR) is 70.5 cm³/mol. The molecule has 1 aromatic rings. The Morgan fingerprint density at radius 1 is 1.41 bits per heavy atom. The summed E-state index contributed by atoms with van der Waals surface area (Å²) in [7, 11) is 2.06. The highest BCUT2D eigenvalue weighted by Gasteiger charge is 2.21. The van der Waals surface area contributed by atoms with Gasteiger partial charge in [0.2, 0.25) is 0 Å². The number of rotatable bonds is 3. The molecule has 0 aromatic carbocycles. The van der Waals surface area contributed by atoms with E-state index in [-0.39, 0.29) is 5.84 Å². The average Bonchev–Trinajstić information content (AvgIpc) is 2.39. The molecule has 1 aliphatic rings. The van der Waals surface area contributed by atoms with Crippen LogP contribution < -0.4 is 10.6 Å². The number of hydrogen-bond donors (Lipinski definition) is 2. The molecule has 1 aliphatic carbocycles. The van der Waals surface area contributed by atoms with Crippen molar-refractivity contribution in [3.8, 4) is 0 Å². The lowest BCUT2D eigenvalue weighted by Gasteiger charge is -2.33. The molecular formula is C13H20N4. The molecule has 0 spiro atoms. The lowest BCUT2D eigenvalue weighted by Crippen LogP contribution is -2.35. The van der Waals surface area contributed by atoms with E-state index in [2.05, 4.69) is 16.9 Å². The first kappa shape index (κ1) is 11.9. The first-order valence-electron chi connectivity index (χ1n) is 6.22. The van der Waals surface area contributed by atoms with Gasteiger partial charge in [-0.1, -0.05) is 19.3 Å². The summed E-state index contributed by atoms with van der Waals surface area (Å²) in [4.78, 5) is 6.57. The van der Waals surface area contributed by atoms with Gasteiger partial charge in [-0.3, -0.25) is 5.41 Å². The molecule has 3 N–H and O–H groups in total. The minimum absolute atomic E-state index is 0.0933. The van der Waals surface area contributed by atoms with Crippen molar-refractivity contribution in [2.45, 2.75) is 38.1 Å². The topological polar surface area (TPSA) is 66.0 Å². The largest absolute Gasteiger partial charge is 0.384 e. The highest BCUT2D eigenvalue weighted by atomic mass is 15.2. The zero-order valence-corrected chi connectivity index (χ0v) is 10.3. The fraction of sp³-hybridized carbons (Fsp3) is 0.538. The van der Waals surface area contributed by atoms with Crippen LogP contribution >= 0.6 is 0 Å². The van der Waals surface area contributed by atoms with Crippen molar-refractivity contribution in [1.82, 2.24) is 4.98 Å². The molecule has 1 fully saturated rings. The molecule has 4 heteroatoms. The third kappa shape index (κ3) is 2.57. The molecule has 4 nitrogen and oxygen atoms in total. The number of nitrogens with one attached hydrogen (secondary N) is 1. The number of aromatic nitrogens is 1. The number of nitrogens with two attached hydrogens (primary N) is 1. The lowest BCUT2D eigenvalue weighted by molar-refractivity contribution is 0.426. The number of nitrogen functional groups attached to an aromatic ring is 1. The van der Waals surface area contributed by atoms with Gasteiger partial charge in [0.25, 0.3) is 0 Å². The number of amidine groups is 1. The van der Waals surface area contributed by atoms with Crippen LogP contribution in [0.5, 0.6) is 0 Å². The van der Waals surface area contributed by atoms with Crippen molar-refractivity contribution in [3.05, 3.63) is 23.9 Å². The molecule has 0 aliphatic heterocycles. The van der Waals surface area contributed by atoms with Crippen molar-refractivity contribution in [2.24, 2.45) is 5.73 Å². The van der Waals surface area contributed by atoms with Gasteiger partial charge in [0.15, 0.2) is 0 Å². The molecule has 92 valence electrons. The Kier molecular flexibility index (Phi) is 3.61. The highest BCUT2D eigenvalue weighted by Crippen LogP contribution is 2.26. The van der Waals surface area contributed by atoms with E-state index in [1.807, 2.05) is 12.1 Å². The normalized spacial score (nSPS) is 16.8. The van der Waals surface area contributed by atoms with E-state index < -0.39 is 0 Å². The van der Waals surface area contributed by atoms with Gasteiger partial charge in [-0.05, 0) is 25.0 Å². The van der Waals surface area contributed by atoms with E-state index in [0.29, 0.717) is 6.04 Å². The van der Waals surface area contributed by atoms with Crippen molar-refractivity contribution in [2.75, 3.05) is 11.9 Å². The minimum Gasteiger partial charge on any atom is -0.384 e. The molecule has 0 saturated heterocycles. The molecule has 0 amide bonds. The second-order valence-electron chi connectivity index (χ2n) is 4.69. The summed E-state index contributed by atoms with van der Waals surface area (Å²) in [6.07, 6.45) is 8.11. The summed E-state index contributed by atoms with van der Waals surface area (Å²) in [5, 5.41) is 7.59. The Balaban J connectivity index is 2.23. The second-order valence-corrected chi connectivity index (χ2v) is 4.69. The number of pyridine rings is 1. The molecule has 0 atom stereocenters. The van der Waals surface area contributed by atoms with Crippen LogP contribution in [0.3, 0.4) is 0 Å². The summed E-state index contributed by atoms with van der Waals surface area (Å²) >= 11 is 0. The Morgan fingerprint density at radius 2 is 2.12 bits per heavy atom. The fourth-order valence-electron chi connectivity index (χ4n) is 2.53. The molecule has 1 heterocycles. The van der Waals surface area contributed by atoms with E-state index >= 15 is 0 Å². The van der Waals surface area contributed by atoms with E-state index in [0.717, 1.165) is 11.4 Å². The van der Waals surface area contributed by atoms with Crippen LogP contribution in [0.25, 0.3) is 0 Å². The van der Waals surface area contributed by atoms with Gasteiger partial charge in [-0.25, -0.2) is 4.98 Å². The summed E-state index contributed by atoms with van der Waals surface area (Å²) in [5.41, 5.74) is 6.34. The summed E-state index contributed by atoms with van der Waals surface area (Å²) in [5.74, 6) is 0.933. The maximum Gasteiger partial charge on any atom is 0.139 e. The van der Waals surface area contributed by atoms with Crippen molar-refractivity contribution in [1.29, 1.82) is 5.41 Å². The Morgan fingerprint density at radius 3 is 2.76 bits per heavy atom. The van der Waals surface area contributed by atoms with Gasteiger partial charge < -0.3 is 10.6 Å². The highest BCUT2D eigenvalue weighted by molar-refractivity contribution is 5.99. The van der Waals surface area contributed by atoms with Gasteiger partial charge in [-0.15, -0.1) is 0 Å². The molecular weight excluding hydrogens is 212 g/mol. The molecule has 2 rings (SSSR count). The summed E-state index contributed by atoms with van der Waals surface area (Å²) < 4.78 is 0. The smallest absolute Gasteiger partial charge is 0.139 e. The van der Waals surface area contributed by atoms with Crippen LogP contribution in [0.15, 0.2) is 18.3 Å². The first-order valence-corrected chi connectivity index (χ1v) is 6.22. The zero-order valence-electron chi connectivity index (χ0n) is 10.3. The summed E-state index contributed by atoms with van der Waals surface area (Å²) in [6.45, 7) is 0. The van der Waals surface area contributed by atoms with Crippen LogP contribution in [0.4, 0.5) is 5.82 Å². The van der Waals surface area contributed by atoms with Gasteiger partial charge >= 0.3 is 0 Å². The van der Waals surface area contributed by atoms with Gasteiger partial charge in [0.1, 0.15) is 11.7 Å². The Hall–Kier alpha value is -1.58. The van der Waals surface area contributed by atoms with Crippen molar-refractivity contribution in [3.63, 3.8) is 0 Å². The average molecular weight is 232 g/mol. The quantitative estimate of drug-likeness (QED) is 0.620. The maximum atomic E-state index is 7.59. The van der Waals surface area contributed by atoms with E-state index in [1.165, 1.54) is 32.1 Å². The molecule has 17 heavy (non-hydrogen) atoms. The zero-order chi connectivity index (χ0) is 12.3. The Labute approximate surface area is 102 Å². The van der Waals surface area contributed by atoms with Gasteiger partial charge in [0.05, 0.1) is 5.56 Å². The SMILES string of the molecule is CN(c1ncccc1C(=N)N)C1CCCCC1. The number of hydrogen-bond acceptors (Lipinski definition) is 3. The third-order valence-corrected chi connectivity index (χ3v) is 3.53. The van der Waals surface area contributed by atoms with Gasteiger partial charge in [-0.2, -0.15) is 0 Å². The molecule has 0 radical (unpaired) electrons. The maximum absolute atomic E-state index is 7.59. The van der Waals surface area contributed by atoms with Crippen LogP contribution in [-0.2, 0) is 0 Å². The third-order valence-electron chi connectivity index (χ3n) is 3.53. The van der Waals surface area contributed by atoms with Crippen molar-refractivity contribution >= 4 is 11.7 Å². The molecule has 0 unspecified atom stereocenters. The van der Waals surface area contributed by atoms with E-state index in [1.54, 1.807) is 6.20 Å². The van der Waals surface area contributed by atoms with Gasteiger partial charge in [0, 0.05) is 19.3 Å². The number of anilines is 1. The second kappa shape index (κ2) is 5.17. The fourth-order valence-corrected chi connectivity index (χ4v) is 2.53. The molecule has 1 saturated carbocycles. The van der Waals surface area contributed by atoms with Crippen LogP contribution in [0.2, 0.25) is 0 Å². The van der Waals surface area contributed by atoms with E-state index in [4.69, 9.17) is 11.1 Å². The monoisotopic (exact) mass is 232 g/mol. The molecule has 1 aromatic heterocycles. The first-order chi connectivity index (χ1) is 8.20. The van der Waals surface area contributed by atoms with Crippen molar-refractivity contribution < 1.29 is 0 Å². The predicted octanol–water partition coefficient (Wildman–Crippen LogP) is 2.13. The standard InChI is InChI=1S/C13H20N4/c1-17(10-6-3-2-4-7-10)13-11(12(14)15)8-5-9-16-13/h5,8-10H,2-4,6-7H2,1H3,(H3,14,15). The summed E-state index contributed by atoms with van der Waals surface area (Å²) in [6, 6.07) is 4.23. The molecule has 0 bridgehead atoms. The van der Waals surface area contributed by atoms with Crippen LogP contribution in [-0.4, -0.2) is 23.9 Å². The number of nitrogens with zero attached hydrogens (tertiary/aromatic N) is 2.